The Balaban J connectivity index is 2.40. The molecule has 5 heteroatoms. The Morgan fingerprint density at radius 3 is 2.69 bits per heavy atom. The maximum Gasteiger partial charge on any atom is 0.200 e. The highest BCUT2D eigenvalue weighted by Gasteiger charge is 2.16. The Hall–Kier alpha value is -0.550. The summed E-state index contributed by atoms with van der Waals surface area (Å²) < 4.78 is 3.20. The second-order valence-electron chi connectivity index (χ2n) is 3.33. The minimum absolute atomic E-state index is 0.472. The molecule has 0 aliphatic heterocycles. The fraction of sp³-hybridized carbons (Fsp3) is 0.625. The van der Waals surface area contributed by atoms with Crippen LogP contribution in [0.25, 0.3) is 0 Å². The van der Waals surface area contributed by atoms with Gasteiger partial charge in [0.25, 0.3) is 0 Å². The first-order valence-corrected chi connectivity index (χ1v) is 5.26. The van der Waals surface area contributed by atoms with E-state index in [1.54, 1.807) is 6.33 Å². The molecule has 0 saturated heterocycles. The van der Waals surface area contributed by atoms with Crippen molar-refractivity contribution < 1.29 is 0 Å². The van der Waals surface area contributed by atoms with Crippen molar-refractivity contribution >= 4 is 24.4 Å². The van der Waals surface area contributed by atoms with Gasteiger partial charge in [-0.25, -0.2) is 4.98 Å². The van der Waals surface area contributed by atoms with Crippen molar-refractivity contribution in [2.24, 2.45) is 0 Å². The molecule has 0 unspecified atom stereocenters. The fourth-order valence-corrected chi connectivity index (χ4v) is 2.30. The van der Waals surface area contributed by atoms with Gasteiger partial charge < -0.3 is 9.55 Å². The van der Waals surface area contributed by atoms with Crippen molar-refractivity contribution in [3.8, 4) is 0 Å². The number of hydrogen-bond donors (Lipinski definition) is 1. The van der Waals surface area contributed by atoms with E-state index in [0.29, 0.717) is 15.6 Å². The van der Waals surface area contributed by atoms with Crippen molar-refractivity contribution in [3.05, 3.63) is 15.9 Å². The van der Waals surface area contributed by atoms with Gasteiger partial charge in [0.1, 0.15) is 6.33 Å². The van der Waals surface area contributed by atoms with E-state index < -0.39 is 0 Å². The van der Waals surface area contributed by atoms with Crippen molar-refractivity contribution in [1.82, 2.24) is 14.5 Å². The Morgan fingerprint density at radius 1 is 1.38 bits per heavy atom. The van der Waals surface area contributed by atoms with Crippen LogP contribution < -0.4 is 0 Å². The molecule has 0 amide bonds. The van der Waals surface area contributed by atoms with E-state index >= 15 is 0 Å². The molecule has 0 atom stereocenters. The lowest BCUT2D eigenvalue weighted by Gasteiger charge is -2.12. The number of aromatic amines is 1. The monoisotopic (exact) mass is 213 g/mol. The van der Waals surface area contributed by atoms with Gasteiger partial charge >= 0.3 is 0 Å². The summed E-state index contributed by atoms with van der Waals surface area (Å²) in [4.78, 5) is 6.94. The van der Waals surface area contributed by atoms with Gasteiger partial charge in [0.2, 0.25) is 0 Å². The number of hydrogen-bond acceptors (Lipinski definition) is 3. The summed E-state index contributed by atoms with van der Waals surface area (Å²) in [5.74, 6) is 0. The highest BCUT2D eigenvalue weighted by Crippen LogP contribution is 2.28. The smallest absolute Gasteiger partial charge is 0.200 e. The zero-order chi connectivity index (χ0) is 9.26. The van der Waals surface area contributed by atoms with Crippen molar-refractivity contribution in [1.29, 1.82) is 0 Å². The van der Waals surface area contributed by atoms with Crippen LogP contribution in [0.2, 0.25) is 0 Å². The van der Waals surface area contributed by atoms with Crippen LogP contribution in [-0.4, -0.2) is 14.5 Å². The molecule has 1 aliphatic rings. The summed E-state index contributed by atoms with van der Waals surface area (Å²) in [6, 6.07) is 0.534. The normalized spacial score (nSPS) is 17.8. The summed E-state index contributed by atoms with van der Waals surface area (Å²) in [6.07, 6.45) is 6.77. The third kappa shape index (κ3) is 1.86. The molecule has 1 N–H and O–H groups in total. The van der Waals surface area contributed by atoms with Gasteiger partial charge in [0.15, 0.2) is 9.54 Å². The number of nitrogens with zero attached hydrogens (tertiary/aromatic N) is 2. The molecular formula is C8H11N3S2. The third-order valence-electron chi connectivity index (χ3n) is 2.47. The molecule has 1 saturated carbocycles. The van der Waals surface area contributed by atoms with Crippen LogP contribution in [0.4, 0.5) is 0 Å². The lowest BCUT2D eigenvalue weighted by molar-refractivity contribution is 0.492. The van der Waals surface area contributed by atoms with Gasteiger partial charge in [0.05, 0.1) is 0 Å². The molecule has 70 valence electrons. The maximum absolute atomic E-state index is 5.18. The molecule has 1 heterocycles. The molecule has 1 aliphatic carbocycles. The molecule has 3 nitrogen and oxygen atoms in total. The second-order valence-corrected chi connectivity index (χ2v) is 4.10. The van der Waals surface area contributed by atoms with Crippen LogP contribution in [0, 0.1) is 9.54 Å². The SMILES string of the molecule is S=c1ncn(C2CCCC2)c(=S)[nH]1. The van der Waals surface area contributed by atoms with E-state index in [4.69, 9.17) is 24.4 Å². The largest absolute Gasteiger partial charge is 0.308 e. The zero-order valence-electron chi connectivity index (χ0n) is 7.19. The molecular weight excluding hydrogens is 202 g/mol. The van der Waals surface area contributed by atoms with Gasteiger partial charge in [-0.3, -0.25) is 0 Å². The molecule has 1 fully saturated rings. The van der Waals surface area contributed by atoms with E-state index in [-0.39, 0.29) is 0 Å². The van der Waals surface area contributed by atoms with Gasteiger partial charge in [0, 0.05) is 6.04 Å². The van der Waals surface area contributed by atoms with Crippen molar-refractivity contribution in [3.63, 3.8) is 0 Å². The maximum atomic E-state index is 5.18. The highest BCUT2D eigenvalue weighted by atomic mass is 32.1. The summed E-state index contributed by atoms with van der Waals surface area (Å²) >= 11 is 10.1. The lowest BCUT2D eigenvalue weighted by Crippen LogP contribution is -2.08. The molecule has 0 bridgehead atoms. The Kier molecular flexibility index (Phi) is 2.55. The number of H-pyrrole nitrogens is 1. The lowest BCUT2D eigenvalue weighted by atomic mass is 10.2. The van der Waals surface area contributed by atoms with E-state index in [1.165, 1.54) is 25.7 Å². The fourth-order valence-electron chi connectivity index (χ4n) is 1.80. The Bertz CT molecular complexity index is 400. The number of aromatic nitrogens is 3. The van der Waals surface area contributed by atoms with E-state index in [2.05, 4.69) is 9.97 Å². The Labute approximate surface area is 86.8 Å². The highest BCUT2D eigenvalue weighted by molar-refractivity contribution is 7.71. The number of rotatable bonds is 1. The molecule has 0 radical (unpaired) electrons. The predicted octanol–water partition coefficient (Wildman–Crippen LogP) is 2.79. The van der Waals surface area contributed by atoms with Crippen LogP contribution in [0.5, 0.6) is 0 Å². The van der Waals surface area contributed by atoms with Crippen LogP contribution in [0.15, 0.2) is 6.33 Å². The summed E-state index contributed by atoms with van der Waals surface area (Å²) in [5.41, 5.74) is 0. The Morgan fingerprint density at radius 2 is 2.08 bits per heavy atom. The van der Waals surface area contributed by atoms with Crippen LogP contribution in [-0.2, 0) is 0 Å². The summed E-state index contributed by atoms with van der Waals surface area (Å²) in [5, 5.41) is 0. The first-order chi connectivity index (χ1) is 6.27. The van der Waals surface area contributed by atoms with Crippen LogP contribution >= 0.6 is 24.4 Å². The average molecular weight is 213 g/mol. The first-order valence-electron chi connectivity index (χ1n) is 4.45. The van der Waals surface area contributed by atoms with Crippen molar-refractivity contribution in [2.45, 2.75) is 31.7 Å². The third-order valence-corrected chi connectivity index (χ3v) is 2.99. The standard InChI is InChI=1S/C8H11N3S2/c12-7-9-5-11(8(13)10-7)6-3-1-2-4-6/h5-6H,1-4H2,(H,10,12,13). The minimum Gasteiger partial charge on any atom is -0.308 e. The molecule has 1 aromatic rings. The van der Waals surface area contributed by atoms with Crippen LogP contribution in [0.1, 0.15) is 31.7 Å². The molecule has 13 heavy (non-hydrogen) atoms. The molecule has 1 aromatic heterocycles. The first kappa shape index (κ1) is 9.02. The molecule has 0 spiro atoms. The summed E-state index contributed by atoms with van der Waals surface area (Å²) in [7, 11) is 0. The quantitative estimate of drug-likeness (QED) is 0.728. The van der Waals surface area contributed by atoms with Crippen LogP contribution in [0.3, 0.4) is 0 Å². The zero-order valence-corrected chi connectivity index (χ0v) is 8.83. The van der Waals surface area contributed by atoms with E-state index in [9.17, 15) is 0 Å². The van der Waals surface area contributed by atoms with Gasteiger partial charge in [-0.15, -0.1) is 0 Å². The van der Waals surface area contributed by atoms with Gasteiger partial charge in [-0.05, 0) is 37.3 Å². The van der Waals surface area contributed by atoms with Gasteiger partial charge in [-0.2, -0.15) is 0 Å². The number of nitrogens with one attached hydrogen (secondary N) is 1. The molecule has 0 aromatic carbocycles. The topological polar surface area (TPSA) is 33.6 Å². The van der Waals surface area contributed by atoms with E-state index in [1.807, 2.05) is 4.57 Å². The summed E-state index contributed by atoms with van der Waals surface area (Å²) in [6.45, 7) is 0. The molecule has 2 rings (SSSR count). The van der Waals surface area contributed by atoms with E-state index in [0.717, 1.165) is 0 Å². The average Bonchev–Trinajstić information content (AvgIpc) is 2.56. The van der Waals surface area contributed by atoms with Crippen molar-refractivity contribution in [2.75, 3.05) is 0 Å². The predicted molar refractivity (Wildman–Crippen MR) is 55.8 cm³/mol. The second kappa shape index (κ2) is 3.67. The van der Waals surface area contributed by atoms with Gasteiger partial charge in [-0.1, -0.05) is 12.8 Å². The minimum atomic E-state index is 0.472.